The summed E-state index contributed by atoms with van der Waals surface area (Å²) in [7, 11) is -3.31. The maximum atomic E-state index is 12.8. The van der Waals surface area contributed by atoms with Crippen molar-refractivity contribution in [2.75, 3.05) is 13.1 Å². The molecule has 0 spiro atoms. The van der Waals surface area contributed by atoms with E-state index in [1.165, 1.54) is 24.2 Å². The van der Waals surface area contributed by atoms with Crippen LogP contribution >= 0.6 is 11.3 Å². The number of rotatable bonds is 5. The van der Waals surface area contributed by atoms with Gasteiger partial charge in [0.25, 0.3) is 10.0 Å². The van der Waals surface area contributed by atoms with Crippen molar-refractivity contribution >= 4 is 21.4 Å². The molecule has 0 radical (unpaired) electrons. The lowest BCUT2D eigenvalue weighted by Crippen LogP contribution is -2.43. The zero-order valence-electron chi connectivity index (χ0n) is 12.8. The fourth-order valence-electron chi connectivity index (χ4n) is 2.83. The van der Waals surface area contributed by atoms with Crippen LogP contribution in [0.5, 0.6) is 0 Å². The van der Waals surface area contributed by atoms with Crippen LogP contribution in [0.3, 0.4) is 0 Å². The lowest BCUT2D eigenvalue weighted by atomic mass is 9.85. The van der Waals surface area contributed by atoms with Gasteiger partial charge in [0.2, 0.25) is 0 Å². The van der Waals surface area contributed by atoms with Crippen LogP contribution in [-0.4, -0.2) is 31.9 Å². The van der Waals surface area contributed by atoms with Crippen LogP contribution in [0.25, 0.3) is 0 Å². The fourth-order valence-corrected chi connectivity index (χ4v) is 5.95. The van der Waals surface area contributed by atoms with Crippen molar-refractivity contribution in [1.82, 2.24) is 9.62 Å². The predicted octanol–water partition coefficient (Wildman–Crippen LogP) is 2.81. The number of sulfonamides is 1. The molecule has 1 N–H and O–H groups in total. The van der Waals surface area contributed by atoms with Gasteiger partial charge in [-0.2, -0.15) is 4.31 Å². The summed E-state index contributed by atoms with van der Waals surface area (Å²) in [5.41, 5.74) is 0.0823. The van der Waals surface area contributed by atoms with Crippen molar-refractivity contribution in [1.29, 1.82) is 0 Å². The SMILES string of the molecule is CC1(C)CCCN(S(=O)(=O)c2ccc(CNC3CC3)s2)C1. The molecule has 2 heterocycles. The summed E-state index contributed by atoms with van der Waals surface area (Å²) in [6.07, 6.45) is 4.55. The van der Waals surface area contributed by atoms with E-state index in [1.807, 2.05) is 6.07 Å². The average molecular weight is 329 g/mol. The first kappa shape index (κ1) is 15.5. The Hall–Kier alpha value is -0.430. The molecule has 1 aliphatic carbocycles. The minimum Gasteiger partial charge on any atom is -0.309 e. The molecule has 3 rings (SSSR count). The minimum atomic E-state index is -3.31. The molecule has 1 aromatic heterocycles. The number of hydrogen-bond donors (Lipinski definition) is 1. The van der Waals surface area contributed by atoms with Crippen LogP contribution in [0.2, 0.25) is 0 Å². The summed E-state index contributed by atoms with van der Waals surface area (Å²) in [6.45, 7) is 6.36. The molecule has 1 aliphatic heterocycles. The van der Waals surface area contributed by atoms with Crippen LogP contribution in [0.1, 0.15) is 44.4 Å². The standard InChI is InChI=1S/C15H24N2O2S2/c1-15(2)8-3-9-17(11-15)21(18,19)14-7-6-13(20-14)10-16-12-4-5-12/h6-7,12,16H,3-5,8-11H2,1-2H3. The summed E-state index contributed by atoms with van der Waals surface area (Å²) >= 11 is 1.41. The molecular weight excluding hydrogens is 304 g/mol. The summed E-state index contributed by atoms with van der Waals surface area (Å²) in [6, 6.07) is 4.36. The molecule has 0 atom stereocenters. The molecule has 6 heteroatoms. The maximum absolute atomic E-state index is 12.8. The first-order valence-electron chi connectivity index (χ1n) is 7.69. The van der Waals surface area contributed by atoms with Crippen molar-refractivity contribution in [3.8, 4) is 0 Å². The largest absolute Gasteiger partial charge is 0.309 e. The number of nitrogens with one attached hydrogen (secondary N) is 1. The maximum Gasteiger partial charge on any atom is 0.252 e. The zero-order valence-corrected chi connectivity index (χ0v) is 14.4. The third-order valence-corrected chi connectivity index (χ3v) is 7.64. The molecule has 0 bridgehead atoms. The van der Waals surface area contributed by atoms with Crippen LogP contribution < -0.4 is 5.32 Å². The van der Waals surface area contributed by atoms with E-state index in [2.05, 4.69) is 19.2 Å². The van der Waals surface area contributed by atoms with Gasteiger partial charge in [-0.1, -0.05) is 13.8 Å². The van der Waals surface area contributed by atoms with Crippen LogP contribution in [0.15, 0.2) is 16.3 Å². The van der Waals surface area contributed by atoms with E-state index in [4.69, 9.17) is 0 Å². The number of hydrogen-bond acceptors (Lipinski definition) is 4. The first-order valence-corrected chi connectivity index (χ1v) is 9.95. The third-order valence-electron chi connectivity index (χ3n) is 4.24. The molecule has 1 saturated carbocycles. The Labute approximate surface area is 131 Å². The van der Waals surface area contributed by atoms with E-state index >= 15 is 0 Å². The van der Waals surface area contributed by atoms with E-state index in [1.54, 1.807) is 10.4 Å². The monoisotopic (exact) mass is 328 g/mol. The quantitative estimate of drug-likeness (QED) is 0.904. The summed E-state index contributed by atoms with van der Waals surface area (Å²) in [5.74, 6) is 0. The second-order valence-corrected chi connectivity index (χ2v) is 10.3. The van der Waals surface area contributed by atoms with Crippen molar-refractivity contribution < 1.29 is 8.42 Å². The molecule has 2 fully saturated rings. The first-order chi connectivity index (χ1) is 9.87. The Bertz CT molecular complexity index is 603. The van der Waals surface area contributed by atoms with Gasteiger partial charge in [0.1, 0.15) is 4.21 Å². The lowest BCUT2D eigenvalue weighted by Gasteiger charge is -2.36. The smallest absolute Gasteiger partial charge is 0.252 e. The summed E-state index contributed by atoms with van der Waals surface area (Å²) < 4.78 is 27.7. The lowest BCUT2D eigenvalue weighted by molar-refractivity contribution is 0.187. The highest BCUT2D eigenvalue weighted by molar-refractivity contribution is 7.91. The Kier molecular flexibility index (Phi) is 4.16. The highest BCUT2D eigenvalue weighted by Crippen LogP contribution is 2.33. The van der Waals surface area contributed by atoms with Gasteiger partial charge < -0.3 is 5.32 Å². The molecule has 4 nitrogen and oxygen atoms in total. The summed E-state index contributed by atoms with van der Waals surface area (Å²) in [5, 5.41) is 3.43. The Morgan fingerprint density at radius 1 is 1.38 bits per heavy atom. The van der Waals surface area contributed by atoms with E-state index < -0.39 is 10.0 Å². The van der Waals surface area contributed by atoms with Crippen molar-refractivity contribution in [2.45, 2.75) is 56.3 Å². The molecule has 118 valence electrons. The topological polar surface area (TPSA) is 49.4 Å². The number of piperidine rings is 1. The molecule has 0 unspecified atom stereocenters. The van der Waals surface area contributed by atoms with E-state index in [0.29, 0.717) is 23.3 Å². The second kappa shape index (κ2) is 5.65. The highest BCUT2D eigenvalue weighted by atomic mass is 32.2. The second-order valence-electron chi connectivity index (χ2n) is 6.98. The minimum absolute atomic E-state index is 0.0823. The molecular formula is C15H24N2O2S2. The molecule has 2 aliphatic rings. The molecule has 0 amide bonds. The number of nitrogens with zero attached hydrogens (tertiary/aromatic N) is 1. The Morgan fingerprint density at radius 3 is 2.81 bits per heavy atom. The van der Waals surface area contributed by atoms with Gasteiger partial charge in [0, 0.05) is 30.6 Å². The van der Waals surface area contributed by atoms with Gasteiger partial charge in [-0.3, -0.25) is 0 Å². The van der Waals surface area contributed by atoms with Gasteiger partial charge in [0.05, 0.1) is 0 Å². The fraction of sp³-hybridized carbons (Fsp3) is 0.733. The molecule has 0 aromatic carbocycles. The van der Waals surface area contributed by atoms with Gasteiger partial charge in [-0.15, -0.1) is 11.3 Å². The van der Waals surface area contributed by atoms with Gasteiger partial charge in [0.15, 0.2) is 0 Å². The zero-order chi connectivity index (χ0) is 15.1. The Balaban J connectivity index is 1.71. The molecule has 1 aromatic rings. The van der Waals surface area contributed by atoms with Crippen molar-refractivity contribution in [3.63, 3.8) is 0 Å². The van der Waals surface area contributed by atoms with Crippen LogP contribution in [0.4, 0.5) is 0 Å². The van der Waals surface area contributed by atoms with Crippen LogP contribution in [-0.2, 0) is 16.6 Å². The summed E-state index contributed by atoms with van der Waals surface area (Å²) in [4.78, 5) is 1.11. The van der Waals surface area contributed by atoms with Gasteiger partial charge in [-0.05, 0) is 43.2 Å². The van der Waals surface area contributed by atoms with Crippen molar-refractivity contribution in [3.05, 3.63) is 17.0 Å². The van der Waals surface area contributed by atoms with Gasteiger partial charge >= 0.3 is 0 Å². The van der Waals surface area contributed by atoms with Crippen LogP contribution in [0, 0.1) is 5.41 Å². The van der Waals surface area contributed by atoms with E-state index in [0.717, 1.165) is 24.3 Å². The van der Waals surface area contributed by atoms with Gasteiger partial charge in [-0.25, -0.2) is 8.42 Å². The van der Waals surface area contributed by atoms with E-state index in [9.17, 15) is 8.42 Å². The van der Waals surface area contributed by atoms with E-state index in [-0.39, 0.29) is 5.41 Å². The normalized spacial score (nSPS) is 23.3. The molecule has 21 heavy (non-hydrogen) atoms. The number of thiophene rings is 1. The van der Waals surface area contributed by atoms with Crippen molar-refractivity contribution in [2.24, 2.45) is 5.41 Å². The Morgan fingerprint density at radius 2 is 2.14 bits per heavy atom. The predicted molar refractivity (Wildman–Crippen MR) is 86.0 cm³/mol. The highest BCUT2D eigenvalue weighted by Gasteiger charge is 2.34. The third kappa shape index (κ3) is 3.67. The molecule has 1 saturated heterocycles. The average Bonchev–Trinajstić information content (AvgIpc) is 3.11.